The zero-order valence-electron chi connectivity index (χ0n) is 14.9. The van der Waals surface area contributed by atoms with Gasteiger partial charge in [-0.15, -0.1) is 0 Å². The van der Waals surface area contributed by atoms with E-state index in [4.69, 9.17) is 9.47 Å². The van der Waals surface area contributed by atoms with Gasteiger partial charge in [-0.05, 0) is 24.3 Å². The summed E-state index contributed by atoms with van der Waals surface area (Å²) in [5, 5.41) is 10.7. The number of nitrogens with zero attached hydrogens (tertiary/aromatic N) is 1. The van der Waals surface area contributed by atoms with Crippen LogP contribution in [0.4, 0.5) is 5.69 Å². The maximum Gasteiger partial charge on any atom is 0.307 e. The summed E-state index contributed by atoms with van der Waals surface area (Å²) < 4.78 is 34.2. The molecule has 0 atom stereocenters. The lowest BCUT2D eigenvalue weighted by atomic mass is 10.1. The molecule has 0 radical (unpaired) electrons. The van der Waals surface area contributed by atoms with E-state index in [1.54, 1.807) is 0 Å². The Hall–Kier alpha value is -3.27. The molecule has 0 aromatic heterocycles. The molecule has 2 aromatic carbocycles. The number of Topliss-reactive ketones (excluding diaryl/α,β-unsaturated/α-hetero) is 1. The van der Waals surface area contributed by atoms with Crippen molar-refractivity contribution in [3.63, 3.8) is 0 Å². The third kappa shape index (κ3) is 5.61. The molecule has 0 amide bonds. The van der Waals surface area contributed by atoms with Crippen LogP contribution in [0, 0.1) is 10.1 Å². The molecule has 0 N–H and O–H groups in total. The molecule has 0 spiro atoms. The number of esters is 1. The third-order valence-corrected chi connectivity index (χ3v) is 5.47. The Morgan fingerprint density at radius 3 is 2.39 bits per heavy atom. The number of methoxy groups -OCH3 is 1. The van der Waals surface area contributed by atoms with Gasteiger partial charge in [0.25, 0.3) is 5.69 Å². The first-order valence-corrected chi connectivity index (χ1v) is 9.68. The molecule has 0 aliphatic heterocycles. The van der Waals surface area contributed by atoms with Crippen LogP contribution in [0.5, 0.6) is 5.75 Å². The van der Waals surface area contributed by atoms with Crippen molar-refractivity contribution in [2.24, 2.45) is 0 Å². The van der Waals surface area contributed by atoms with Crippen LogP contribution in [-0.2, 0) is 19.4 Å². The monoisotopic (exact) mass is 407 g/mol. The number of hydrogen-bond acceptors (Lipinski definition) is 8. The molecular formula is C18H17NO8S. The molecule has 0 aliphatic carbocycles. The molecule has 148 valence electrons. The highest BCUT2D eigenvalue weighted by atomic mass is 32.2. The normalized spacial score (nSPS) is 10.9. The largest absolute Gasteiger partial charge is 0.497 e. The van der Waals surface area contributed by atoms with E-state index < -0.39 is 45.3 Å². The van der Waals surface area contributed by atoms with Gasteiger partial charge in [0.05, 0.1) is 29.1 Å². The van der Waals surface area contributed by atoms with Crippen LogP contribution in [0.2, 0.25) is 0 Å². The lowest BCUT2D eigenvalue weighted by Crippen LogP contribution is -2.17. The highest BCUT2D eigenvalue weighted by Gasteiger charge is 2.18. The van der Waals surface area contributed by atoms with Crippen molar-refractivity contribution >= 4 is 27.3 Å². The van der Waals surface area contributed by atoms with Crippen molar-refractivity contribution in [1.82, 2.24) is 0 Å². The second-order valence-electron chi connectivity index (χ2n) is 5.64. The molecule has 2 aromatic rings. The van der Waals surface area contributed by atoms with Crippen molar-refractivity contribution in [3.05, 3.63) is 64.2 Å². The van der Waals surface area contributed by atoms with E-state index in [1.807, 2.05) is 0 Å². The fourth-order valence-electron chi connectivity index (χ4n) is 2.21. The molecule has 0 saturated carbocycles. The van der Waals surface area contributed by atoms with Crippen molar-refractivity contribution in [3.8, 4) is 5.75 Å². The Bertz CT molecular complexity index is 983. The Kier molecular flexibility index (Phi) is 6.83. The van der Waals surface area contributed by atoms with Gasteiger partial charge in [-0.3, -0.25) is 19.7 Å². The molecule has 28 heavy (non-hydrogen) atoms. The average molecular weight is 407 g/mol. The molecule has 0 aliphatic rings. The first kappa shape index (κ1) is 21.0. The molecule has 0 unspecified atom stereocenters. The minimum Gasteiger partial charge on any atom is -0.497 e. The maximum absolute atomic E-state index is 12.2. The first-order valence-electron chi connectivity index (χ1n) is 8.03. The predicted octanol–water partition coefficient (Wildman–Crippen LogP) is 2.19. The van der Waals surface area contributed by atoms with Gasteiger partial charge in [0.15, 0.2) is 16.4 Å². The summed E-state index contributed by atoms with van der Waals surface area (Å²) in [4.78, 5) is 33.9. The predicted molar refractivity (Wildman–Crippen MR) is 98.0 cm³/mol. The van der Waals surface area contributed by atoms with E-state index in [9.17, 15) is 28.1 Å². The van der Waals surface area contributed by atoms with Gasteiger partial charge in [0.2, 0.25) is 5.78 Å². The highest BCUT2D eigenvalue weighted by molar-refractivity contribution is 7.91. The van der Waals surface area contributed by atoms with Crippen LogP contribution in [0.3, 0.4) is 0 Å². The lowest BCUT2D eigenvalue weighted by Gasteiger charge is -2.07. The summed E-state index contributed by atoms with van der Waals surface area (Å²) in [6, 6.07) is 10.7. The van der Waals surface area contributed by atoms with Crippen molar-refractivity contribution in [1.29, 1.82) is 0 Å². The molecule has 9 nitrogen and oxygen atoms in total. The number of nitro groups is 1. The topological polar surface area (TPSA) is 130 Å². The summed E-state index contributed by atoms with van der Waals surface area (Å²) in [7, 11) is -2.25. The van der Waals surface area contributed by atoms with Crippen molar-refractivity contribution in [2.75, 3.05) is 19.5 Å². The van der Waals surface area contributed by atoms with Crippen LogP contribution in [-0.4, -0.2) is 44.6 Å². The molecule has 2 rings (SSSR count). The van der Waals surface area contributed by atoms with E-state index in [0.29, 0.717) is 5.75 Å². The molecule has 0 bridgehead atoms. The van der Waals surface area contributed by atoms with Crippen molar-refractivity contribution in [2.45, 2.75) is 11.3 Å². The Morgan fingerprint density at radius 1 is 1.11 bits per heavy atom. The molecular weight excluding hydrogens is 390 g/mol. The number of ether oxygens (including phenoxy) is 2. The summed E-state index contributed by atoms with van der Waals surface area (Å²) >= 11 is 0. The second kappa shape index (κ2) is 9.09. The maximum atomic E-state index is 12.2. The average Bonchev–Trinajstić information content (AvgIpc) is 2.70. The van der Waals surface area contributed by atoms with Crippen LogP contribution < -0.4 is 4.74 Å². The van der Waals surface area contributed by atoms with Gasteiger partial charge in [-0.25, -0.2) is 8.42 Å². The third-order valence-electron chi connectivity index (χ3n) is 3.74. The smallest absolute Gasteiger partial charge is 0.307 e. The summed E-state index contributed by atoms with van der Waals surface area (Å²) in [5.41, 5.74) is -0.240. The number of nitro benzene ring substituents is 1. The zero-order chi connectivity index (χ0) is 20.7. The van der Waals surface area contributed by atoms with E-state index in [2.05, 4.69) is 0 Å². The van der Waals surface area contributed by atoms with Gasteiger partial charge in [-0.1, -0.05) is 12.1 Å². The van der Waals surface area contributed by atoms with Crippen LogP contribution in [0.25, 0.3) is 0 Å². The summed E-state index contributed by atoms with van der Waals surface area (Å²) in [5.74, 6) is -1.48. The number of benzene rings is 2. The summed E-state index contributed by atoms with van der Waals surface area (Å²) in [6.45, 7) is -0.636. The number of carbonyl (C=O) groups excluding carboxylic acids is 2. The molecule has 0 saturated heterocycles. The standard InChI is InChI=1S/C18H17NO8S/c1-26-15-5-7-16(8-6-15)28(24,25)10-9-18(21)27-12-17(20)13-3-2-4-14(11-13)19(22)23/h2-8,11H,9-10,12H2,1H3. The van der Waals surface area contributed by atoms with Crippen molar-refractivity contribution < 1.29 is 32.4 Å². The Labute approximate surface area is 161 Å². The Balaban J connectivity index is 1.89. The molecule has 10 heteroatoms. The fraction of sp³-hybridized carbons (Fsp3) is 0.222. The summed E-state index contributed by atoms with van der Waals surface area (Å²) in [6.07, 6.45) is -0.434. The van der Waals surface area contributed by atoms with Crippen LogP contribution in [0.1, 0.15) is 16.8 Å². The quantitative estimate of drug-likeness (QED) is 0.268. The minimum absolute atomic E-state index is 0.0212. The number of hydrogen-bond donors (Lipinski definition) is 0. The number of rotatable bonds is 9. The highest BCUT2D eigenvalue weighted by Crippen LogP contribution is 2.17. The van der Waals surface area contributed by atoms with E-state index >= 15 is 0 Å². The number of carbonyl (C=O) groups is 2. The number of ketones is 1. The van der Waals surface area contributed by atoms with Crippen LogP contribution in [0.15, 0.2) is 53.4 Å². The molecule has 0 heterocycles. The first-order chi connectivity index (χ1) is 13.2. The van der Waals surface area contributed by atoms with Gasteiger partial charge in [0.1, 0.15) is 5.75 Å². The van der Waals surface area contributed by atoms with Gasteiger partial charge < -0.3 is 9.47 Å². The van der Waals surface area contributed by atoms with E-state index in [0.717, 1.165) is 6.07 Å². The van der Waals surface area contributed by atoms with Gasteiger partial charge in [-0.2, -0.15) is 0 Å². The van der Waals surface area contributed by atoms with E-state index in [-0.39, 0.29) is 16.1 Å². The lowest BCUT2D eigenvalue weighted by molar-refractivity contribution is -0.384. The number of non-ortho nitro benzene ring substituents is 1. The van der Waals surface area contributed by atoms with E-state index in [1.165, 1.54) is 49.6 Å². The van der Waals surface area contributed by atoms with Gasteiger partial charge in [0, 0.05) is 17.7 Å². The second-order valence-corrected chi connectivity index (χ2v) is 7.74. The Morgan fingerprint density at radius 2 is 1.79 bits per heavy atom. The van der Waals surface area contributed by atoms with Crippen LogP contribution >= 0.6 is 0 Å². The van der Waals surface area contributed by atoms with Gasteiger partial charge >= 0.3 is 5.97 Å². The zero-order valence-corrected chi connectivity index (χ0v) is 15.7. The molecule has 0 fully saturated rings. The number of sulfone groups is 1. The SMILES string of the molecule is COc1ccc(S(=O)(=O)CCC(=O)OCC(=O)c2cccc([N+](=O)[O-])c2)cc1. The minimum atomic E-state index is -3.70. The fourth-order valence-corrected chi connectivity index (χ4v) is 3.43.